The van der Waals surface area contributed by atoms with Crippen molar-refractivity contribution in [1.29, 1.82) is 0 Å². The Morgan fingerprint density at radius 2 is 2.31 bits per heavy atom. The summed E-state index contributed by atoms with van der Waals surface area (Å²) in [4.78, 5) is 7.75. The van der Waals surface area contributed by atoms with Gasteiger partial charge in [0, 0.05) is 11.4 Å². The molecule has 0 saturated heterocycles. The van der Waals surface area contributed by atoms with Crippen molar-refractivity contribution < 1.29 is 5.11 Å². The second-order valence-corrected chi connectivity index (χ2v) is 3.81. The van der Waals surface area contributed by atoms with Gasteiger partial charge in [0.05, 0.1) is 12.7 Å². The Balaban J connectivity index is 2.95. The van der Waals surface area contributed by atoms with Crippen molar-refractivity contribution >= 4 is 5.69 Å². The van der Waals surface area contributed by atoms with Crippen LogP contribution in [0, 0.1) is 20.4 Å². The minimum atomic E-state index is -0.507. The molecule has 0 amide bonds. The molecule has 3 heteroatoms. The van der Waals surface area contributed by atoms with Crippen molar-refractivity contribution in [3.8, 4) is 0 Å². The van der Waals surface area contributed by atoms with Crippen LogP contribution in [0.2, 0.25) is 0 Å². The Hall–Kier alpha value is -1.66. The van der Waals surface area contributed by atoms with Gasteiger partial charge >= 0.3 is 0 Å². The molecule has 1 N–H and O–H groups in total. The van der Waals surface area contributed by atoms with Crippen LogP contribution < -0.4 is 0 Å². The van der Waals surface area contributed by atoms with Gasteiger partial charge in [-0.05, 0) is 38.3 Å². The molecule has 1 heterocycles. The highest BCUT2D eigenvalue weighted by atomic mass is 16.3. The predicted octanol–water partition coefficient (Wildman–Crippen LogP) is 2.73. The average molecular weight is 216 g/mol. The SMILES string of the molecule is [C-]#[N+]c1c(CCC(O)C=C)cc(C)nc1C. The number of hydrogen-bond donors (Lipinski definition) is 1. The summed E-state index contributed by atoms with van der Waals surface area (Å²) in [5.74, 6) is 0. The third-order valence-corrected chi connectivity index (χ3v) is 2.47. The van der Waals surface area contributed by atoms with E-state index in [1.54, 1.807) is 0 Å². The fourth-order valence-corrected chi connectivity index (χ4v) is 1.67. The van der Waals surface area contributed by atoms with E-state index in [-0.39, 0.29) is 0 Å². The number of aliphatic hydroxyl groups is 1. The molecule has 0 aliphatic heterocycles. The first-order chi connectivity index (χ1) is 7.58. The summed E-state index contributed by atoms with van der Waals surface area (Å²) in [5.41, 5.74) is 3.24. The van der Waals surface area contributed by atoms with Gasteiger partial charge in [0.15, 0.2) is 0 Å². The van der Waals surface area contributed by atoms with E-state index in [9.17, 15) is 5.11 Å². The van der Waals surface area contributed by atoms with Crippen molar-refractivity contribution in [1.82, 2.24) is 4.98 Å². The fraction of sp³-hybridized carbons (Fsp3) is 0.385. The number of aryl methyl sites for hydroxylation is 3. The first kappa shape index (κ1) is 12.4. The van der Waals surface area contributed by atoms with E-state index < -0.39 is 6.10 Å². The summed E-state index contributed by atoms with van der Waals surface area (Å²) < 4.78 is 0. The second kappa shape index (κ2) is 5.43. The standard InChI is InChI=1S/C13H16N2O/c1-5-12(16)7-6-11-8-9(2)15-10(3)13(11)14-4/h5,8,12,16H,1,6-7H2,2-3H3. The van der Waals surface area contributed by atoms with Gasteiger partial charge < -0.3 is 5.11 Å². The lowest BCUT2D eigenvalue weighted by Gasteiger charge is -2.09. The molecule has 1 unspecified atom stereocenters. The molecule has 0 fully saturated rings. The highest BCUT2D eigenvalue weighted by molar-refractivity contribution is 5.56. The molecule has 0 spiro atoms. The van der Waals surface area contributed by atoms with Crippen molar-refractivity contribution in [3.05, 3.63) is 47.1 Å². The molecule has 1 rings (SSSR count). The highest BCUT2D eigenvalue weighted by Crippen LogP contribution is 2.25. The molecule has 3 nitrogen and oxygen atoms in total. The molecule has 1 atom stereocenters. The molecule has 0 aliphatic rings. The molecule has 0 aromatic carbocycles. The molecular formula is C13H16N2O. The molecule has 0 saturated carbocycles. The maximum absolute atomic E-state index is 9.41. The lowest BCUT2D eigenvalue weighted by molar-refractivity contribution is 0.213. The van der Waals surface area contributed by atoms with Gasteiger partial charge in [-0.25, -0.2) is 4.85 Å². The Bertz CT molecular complexity index is 432. The normalized spacial score (nSPS) is 11.9. The molecule has 16 heavy (non-hydrogen) atoms. The number of nitrogens with zero attached hydrogens (tertiary/aromatic N) is 2. The van der Waals surface area contributed by atoms with E-state index in [1.165, 1.54) is 6.08 Å². The minimum Gasteiger partial charge on any atom is -0.389 e. The quantitative estimate of drug-likeness (QED) is 0.620. The summed E-state index contributed by atoms with van der Waals surface area (Å²) in [6, 6.07) is 1.91. The Labute approximate surface area is 96.3 Å². The maximum atomic E-state index is 9.41. The van der Waals surface area contributed by atoms with E-state index >= 15 is 0 Å². The van der Waals surface area contributed by atoms with Crippen LogP contribution in [0.5, 0.6) is 0 Å². The van der Waals surface area contributed by atoms with E-state index in [0.717, 1.165) is 17.0 Å². The number of pyridine rings is 1. The molecule has 0 aliphatic carbocycles. The Kier molecular flexibility index (Phi) is 4.21. The van der Waals surface area contributed by atoms with Crippen LogP contribution in [0.3, 0.4) is 0 Å². The number of rotatable bonds is 4. The Morgan fingerprint density at radius 1 is 1.62 bits per heavy atom. The fourth-order valence-electron chi connectivity index (χ4n) is 1.67. The summed E-state index contributed by atoms with van der Waals surface area (Å²) in [5, 5.41) is 9.41. The summed E-state index contributed by atoms with van der Waals surface area (Å²) in [6.45, 7) is 14.4. The average Bonchev–Trinajstić information content (AvgIpc) is 2.25. The van der Waals surface area contributed by atoms with E-state index in [1.807, 2.05) is 19.9 Å². The zero-order chi connectivity index (χ0) is 12.1. The first-order valence-corrected chi connectivity index (χ1v) is 5.23. The number of hydrogen-bond acceptors (Lipinski definition) is 2. The lowest BCUT2D eigenvalue weighted by Crippen LogP contribution is -2.04. The lowest BCUT2D eigenvalue weighted by atomic mass is 10.0. The van der Waals surface area contributed by atoms with Crippen LogP contribution in [0.4, 0.5) is 5.69 Å². The van der Waals surface area contributed by atoms with Crippen LogP contribution in [0.15, 0.2) is 18.7 Å². The van der Waals surface area contributed by atoms with Gasteiger partial charge in [-0.15, -0.1) is 6.58 Å². The second-order valence-electron chi connectivity index (χ2n) is 3.81. The van der Waals surface area contributed by atoms with Crippen LogP contribution in [0.25, 0.3) is 4.85 Å². The summed E-state index contributed by atoms with van der Waals surface area (Å²) in [6.07, 6.45) is 2.27. The third-order valence-electron chi connectivity index (χ3n) is 2.47. The van der Waals surface area contributed by atoms with Crippen LogP contribution in [-0.4, -0.2) is 16.2 Å². The predicted molar refractivity (Wildman–Crippen MR) is 64.5 cm³/mol. The third kappa shape index (κ3) is 2.91. The van der Waals surface area contributed by atoms with Crippen molar-refractivity contribution in [3.63, 3.8) is 0 Å². The largest absolute Gasteiger partial charge is 0.389 e. The van der Waals surface area contributed by atoms with Gasteiger partial charge in [0.1, 0.15) is 0 Å². The number of aromatic nitrogens is 1. The van der Waals surface area contributed by atoms with Crippen LogP contribution in [0.1, 0.15) is 23.4 Å². The zero-order valence-corrected chi connectivity index (χ0v) is 9.70. The summed E-state index contributed by atoms with van der Waals surface area (Å²) >= 11 is 0. The minimum absolute atomic E-state index is 0.507. The summed E-state index contributed by atoms with van der Waals surface area (Å²) in [7, 11) is 0. The van der Waals surface area contributed by atoms with Crippen molar-refractivity contribution in [2.75, 3.05) is 0 Å². The van der Waals surface area contributed by atoms with Gasteiger partial charge in [0.25, 0.3) is 0 Å². The van der Waals surface area contributed by atoms with Gasteiger partial charge in [0.2, 0.25) is 5.69 Å². The molecule has 84 valence electrons. The van der Waals surface area contributed by atoms with Crippen LogP contribution in [-0.2, 0) is 6.42 Å². The maximum Gasteiger partial charge on any atom is 0.211 e. The molecule has 0 radical (unpaired) electrons. The number of aliphatic hydroxyl groups excluding tert-OH is 1. The van der Waals surface area contributed by atoms with Crippen molar-refractivity contribution in [2.24, 2.45) is 0 Å². The van der Waals surface area contributed by atoms with Gasteiger partial charge in [-0.3, -0.25) is 4.98 Å². The first-order valence-electron chi connectivity index (χ1n) is 5.23. The van der Waals surface area contributed by atoms with Crippen molar-refractivity contribution in [2.45, 2.75) is 32.8 Å². The highest BCUT2D eigenvalue weighted by Gasteiger charge is 2.09. The smallest absolute Gasteiger partial charge is 0.211 e. The van der Waals surface area contributed by atoms with E-state index in [2.05, 4.69) is 16.4 Å². The van der Waals surface area contributed by atoms with Crippen LogP contribution >= 0.6 is 0 Å². The molecular weight excluding hydrogens is 200 g/mol. The van der Waals surface area contributed by atoms with Gasteiger partial charge in [-0.1, -0.05) is 6.08 Å². The monoisotopic (exact) mass is 216 g/mol. The topological polar surface area (TPSA) is 37.5 Å². The molecule has 0 bridgehead atoms. The molecule has 1 aromatic heterocycles. The zero-order valence-electron chi connectivity index (χ0n) is 9.70. The Morgan fingerprint density at radius 3 is 2.88 bits per heavy atom. The van der Waals surface area contributed by atoms with E-state index in [4.69, 9.17) is 6.57 Å². The van der Waals surface area contributed by atoms with Gasteiger partial charge in [-0.2, -0.15) is 0 Å². The molecule has 1 aromatic rings. The van der Waals surface area contributed by atoms with E-state index in [0.29, 0.717) is 18.5 Å².